The molecule has 8 aromatic rings. The lowest BCUT2D eigenvalue weighted by Crippen LogP contribution is -2.00. The van der Waals surface area contributed by atoms with Gasteiger partial charge < -0.3 is 4.57 Å². The third-order valence-electron chi connectivity index (χ3n) is 7.42. The van der Waals surface area contributed by atoms with Crippen LogP contribution in [0, 0.1) is 0 Å². The minimum Gasteiger partial charge on any atom is -0.317 e. The van der Waals surface area contributed by atoms with Gasteiger partial charge in [-0.05, 0) is 64.9 Å². The van der Waals surface area contributed by atoms with Crippen LogP contribution in [0.15, 0.2) is 134 Å². The highest BCUT2D eigenvalue weighted by atomic mass is 15.1. The van der Waals surface area contributed by atoms with Gasteiger partial charge in [0, 0.05) is 46.0 Å². The van der Waals surface area contributed by atoms with E-state index in [1.165, 1.54) is 32.4 Å². The average molecular weight is 487 g/mol. The SMILES string of the molecule is c1ccc(-c2cnc(-n3c4ccccc4c4cc5cc6c(ccn6-c6ccccc6)cc5cc43)nc2)cc1. The van der Waals surface area contributed by atoms with E-state index < -0.39 is 0 Å². The summed E-state index contributed by atoms with van der Waals surface area (Å²) in [4.78, 5) is 9.63. The molecule has 0 aliphatic heterocycles. The third kappa shape index (κ3) is 3.17. The molecule has 0 unspecified atom stereocenters. The molecule has 0 aliphatic carbocycles. The van der Waals surface area contributed by atoms with Crippen LogP contribution < -0.4 is 0 Å². The van der Waals surface area contributed by atoms with Crippen molar-refractivity contribution in [3.8, 4) is 22.8 Å². The summed E-state index contributed by atoms with van der Waals surface area (Å²) in [5.74, 6) is 0.673. The summed E-state index contributed by atoms with van der Waals surface area (Å²) in [6.07, 6.45) is 5.97. The largest absolute Gasteiger partial charge is 0.317 e. The number of fused-ring (bicyclic) bond motifs is 5. The highest BCUT2D eigenvalue weighted by molar-refractivity contribution is 6.14. The van der Waals surface area contributed by atoms with Crippen molar-refractivity contribution in [2.75, 3.05) is 0 Å². The second-order valence-electron chi connectivity index (χ2n) is 9.64. The summed E-state index contributed by atoms with van der Waals surface area (Å²) in [5.41, 5.74) is 6.68. The van der Waals surface area contributed by atoms with Crippen LogP contribution >= 0.6 is 0 Å². The molecule has 178 valence electrons. The monoisotopic (exact) mass is 486 g/mol. The maximum atomic E-state index is 4.81. The lowest BCUT2D eigenvalue weighted by Gasteiger charge is -2.09. The van der Waals surface area contributed by atoms with Gasteiger partial charge in [-0.2, -0.15) is 0 Å². The smallest absolute Gasteiger partial charge is 0.234 e. The molecule has 4 nitrogen and oxygen atoms in total. The topological polar surface area (TPSA) is 35.6 Å². The Bertz CT molecular complexity index is 2100. The molecular formula is C34H22N4. The van der Waals surface area contributed by atoms with Crippen molar-refractivity contribution >= 4 is 43.5 Å². The van der Waals surface area contributed by atoms with Crippen LogP contribution in [0.1, 0.15) is 0 Å². The highest BCUT2D eigenvalue weighted by Gasteiger charge is 2.16. The van der Waals surface area contributed by atoms with Crippen molar-refractivity contribution in [3.05, 3.63) is 134 Å². The van der Waals surface area contributed by atoms with E-state index in [0.717, 1.165) is 27.8 Å². The van der Waals surface area contributed by atoms with E-state index in [1.807, 2.05) is 30.6 Å². The Morgan fingerprint density at radius 1 is 0.474 bits per heavy atom. The summed E-state index contributed by atoms with van der Waals surface area (Å²) in [6, 6.07) is 40.6. The first-order chi connectivity index (χ1) is 18.8. The van der Waals surface area contributed by atoms with Gasteiger partial charge in [-0.1, -0.05) is 66.7 Å². The summed E-state index contributed by atoms with van der Waals surface area (Å²) >= 11 is 0. The molecule has 0 N–H and O–H groups in total. The normalized spacial score (nSPS) is 11.7. The first kappa shape index (κ1) is 20.9. The Balaban J connectivity index is 1.35. The van der Waals surface area contributed by atoms with Crippen LogP contribution in [0.4, 0.5) is 0 Å². The maximum absolute atomic E-state index is 4.81. The van der Waals surface area contributed by atoms with E-state index in [1.54, 1.807) is 0 Å². The lowest BCUT2D eigenvalue weighted by atomic mass is 10.0. The summed E-state index contributed by atoms with van der Waals surface area (Å²) < 4.78 is 4.43. The Morgan fingerprint density at radius 2 is 1.16 bits per heavy atom. The van der Waals surface area contributed by atoms with Crippen LogP contribution in [0.3, 0.4) is 0 Å². The van der Waals surface area contributed by atoms with Gasteiger partial charge in [-0.3, -0.25) is 4.57 Å². The molecule has 0 saturated carbocycles. The van der Waals surface area contributed by atoms with Gasteiger partial charge in [0.1, 0.15) is 0 Å². The summed E-state index contributed by atoms with van der Waals surface area (Å²) in [6.45, 7) is 0. The van der Waals surface area contributed by atoms with Gasteiger partial charge in [0.25, 0.3) is 0 Å². The molecule has 38 heavy (non-hydrogen) atoms. The first-order valence-corrected chi connectivity index (χ1v) is 12.7. The second-order valence-corrected chi connectivity index (χ2v) is 9.64. The van der Waals surface area contributed by atoms with Crippen LogP contribution in [-0.2, 0) is 0 Å². The molecule has 0 atom stereocenters. The van der Waals surface area contributed by atoms with Crippen molar-refractivity contribution < 1.29 is 0 Å². The maximum Gasteiger partial charge on any atom is 0.234 e. The molecule has 0 fully saturated rings. The number of nitrogens with zero attached hydrogens (tertiary/aromatic N) is 4. The molecule has 0 spiro atoms. The minimum atomic E-state index is 0.673. The molecule has 0 radical (unpaired) electrons. The fourth-order valence-electron chi connectivity index (χ4n) is 5.59. The van der Waals surface area contributed by atoms with E-state index in [4.69, 9.17) is 9.97 Å². The van der Waals surface area contributed by atoms with Crippen LogP contribution in [-0.4, -0.2) is 19.1 Å². The molecule has 0 saturated heterocycles. The predicted molar refractivity (Wildman–Crippen MR) is 156 cm³/mol. The lowest BCUT2D eigenvalue weighted by molar-refractivity contribution is 0.990. The quantitative estimate of drug-likeness (QED) is 0.252. The van der Waals surface area contributed by atoms with Gasteiger partial charge in [-0.25, -0.2) is 9.97 Å². The summed E-state index contributed by atoms with van der Waals surface area (Å²) in [5, 5.41) is 6.01. The van der Waals surface area contributed by atoms with Crippen LogP contribution in [0.2, 0.25) is 0 Å². The number of aromatic nitrogens is 4. The Labute approximate surface area is 219 Å². The van der Waals surface area contributed by atoms with E-state index >= 15 is 0 Å². The molecule has 0 bridgehead atoms. The fraction of sp³-hybridized carbons (Fsp3) is 0. The zero-order valence-corrected chi connectivity index (χ0v) is 20.5. The van der Waals surface area contributed by atoms with Crippen LogP contribution in [0.25, 0.3) is 66.2 Å². The van der Waals surface area contributed by atoms with E-state index in [0.29, 0.717) is 5.95 Å². The van der Waals surface area contributed by atoms with Crippen LogP contribution in [0.5, 0.6) is 0 Å². The van der Waals surface area contributed by atoms with Gasteiger partial charge >= 0.3 is 0 Å². The van der Waals surface area contributed by atoms with Crippen molar-refractivity contribution in [3.63, 3.8) is 0 Å². The Morgan fingerprint density at radius 3 is 1.97 bits per heavy atom. The number of hydrogen-bond acceptors (Lipinski definition) is 2. The van der Waals surface area contributed by atoms with E-state index in [2.05, 4.69) is 112 Å². The molecule has 4 heteroatoms. The summed E-state index contributed by atoms with van der Waals surface area (Å²) in [7, 11) is 0. The van der Waals surface area contributed by atoms with Gasteiger partial charge in [0.15, 0.2) is 0 Å². The molecule has 0 amide bonds. The van der Waals surface area contributed by atoms with Crippen molar-refractivity contribution in [2.45, 2.75) is 0 Å². The van der Waals surface area contributed by atoms with Gasteiger partial charge in [0.2, 0.25) is 5.95 Å². The third-order valence-corrected chi connectivity index (χ3v) is 7.42. The molecule has 8 rings (SSSR count). The second kappa shape index (κ2) is 8.15. The standard InChI is InChI=1S/C34H22N4/c1-3-9-23(10-4-1)27-21-35-34(36-22-27)38-31-14-8-7-13-29(31)30-18-26-19-32-24(17-25(26)20-33(30)38)15-16-37(32)28-11-5-2-6-12-28/h1-22H. The van der Waals surface area contributed by atoms with Crippen molar-refractivity contribution in [1.82, 2.24) is 19.1 Å². The highest BCUT2D eigenvalue weighted by Crippen LogP contribution is 2.36. The zero-order valence-electron chi connectivity index (χ0n) is 20.5. The fourth-order valence-corrected chi connectivity index (χ4v) is 5.59. The minimum absolute atomic E-state index is 0.673. The van der Waals surface area contributed by atoms with Crippen molar-refractivity contribution in [2.24, 2.45) is 0 Å². The first-order valence-electron chi connectivity index (χ1n) is 12.7. The molecule has 3 aromatic heterocycles. The number of hydrogen-bond donors (Lipinski definition) is 0. The Kier molecular flexibility index (Phi) is 4.49. The number of benzene rings is 5. The van der Waals surface area contributed by atoms with Crippen molar-refractivity contribution in [1.29, 1.82) is 0 Å². The molecular weight excluding hydrogens is 464 g/mol. The van der Waals surface area contributed by atoms with Gasteiger partial charge in [-0.15, -0.1) is 0 Å². The molecule has 3 heterocycles. The number of para-hydroxylation sites is 2. The van der Waals surface area contributed by atoms with E-state index in [9.17, 15) is 0 Å². The Hall–Kier alpha value is -5.22. The zero-order chi connectivity index (χ0) is 25.1. The predicted octanol–water partition coefficient (Wildman–Crippen LogP) is 8.34. The van der Waals surface area contributed by atoms with E-state index in [-0.39, 0.29) is 0 Å². The average Bonchev–Trinajstić information content (AvgIpc) is 3.54. The number of rotatable bonds is 3. The molecule has 5 aromatic carbocycles. The van der Waals surface area contributed by atoms with Gasteiger partial charge in [0.05, 0.1) is 16.6 Å². The molecule has 0 aliphatic rings.